The Kier molecular flexibility index (Phi) is 4.07. The molecule has 1 saturated heterocycles. The van der Waals surface area contributed by atoms with Crippen molar-refractivity contribution < 1.29 is 14.4 Å². The van der Waals surface area contributed by atoms with Crippen LogP contribution in [0.25, 0.3) is 0 Å². The van der Waals surface area contributed by atoms with Gasteiger partial charge in [0.1, 0.15) is 0 Å². The maximum absolute atomic E-state index is 11.9. The lowest BCUT2D eigenvalue weighted by Gasteiger charge is -2.16. The van der Waals surface area contributed by atoms with E-state index >= 15 is 0 Å². The molecule has 1 fully saturated rings. The zero-order valence-electron chi connectivity index (χ0n) is 12.1. The number of anilines is 1. The molecule has 0 bridgehead atoms. The number of carbonyl (C=O) groups excluding carboxylic acids is 3. The average Bonchev–Trinajstić information content (AvgIpc) is 2.63. The second-order valence-electron chi connectivity index (χ2n) is 5.57. The third-order valence-electron chi connectivity index (χ3n) is 3.69. The first-order chi connectivity index (χ1) is 9.40. The van der Waals surface area contributed by atoms with Crippen LogP contribution in [0.5, 0.6) is 0 Å². The van der Waals surface area contributed by atoms with E-state index in [0.29, 0.717) is 12.1 Å². The molecule has 2 unspecified atom stereocenters. The second kappa shape index (κ2) is 5.61. The van der Waals surface area contributed by atoms with Gasteiger partial charge in [-0.1, -0.05) is 26.0 Å². The van der Waals surface area contributed by atoms with Gasteiger partial charge in [-0.3, -0.25) is 14.5 Å². The molecule has 104 valence electrons. The van der Waals surface area contributed by atoms with Crippen molar-refractivity contribution in [3.8, 4) is 0 Å². The fourth-order valence-corrected chi connectivity index (χ4v) is 2.56. The molecule has 1 aromatic carbocycles. The van der Waals surface area contributed by atoms with E-state index in [1.54, 1.807) is 26.9 Å². The van der Waals surface area contributed by atoms with Crippen molar-refractivity contribution in [2.45, 2.75) is 32.6 Å². The number of rotatable bonds is 4. The molecule has 20 heavy (non-hydrogen) atoms. The number of carbonyl (C=O) groups is 3. The van der Waals surface area contributed by atoms with Gasteiger partial charge in [0.05, 0.1) is 11.4 Å². The molecule has 0 spiro atoms. The molecule has 0 saturated carbocycles. The monoisotopic (exact) mass is 271 g/mol. The van der Waals surface area contributed by atoms with E-state index in [9.17, 15) is 14.4 Å². The predicted octanol–water partition coefficient (Wildman–Crippen LogP) is 1.24. The minimum absolute atomic E-state index is 0.139. The van der Waals surface area contributed by atoms with Crippen LogP contribution in [0.3, 0.4) is 0 Å². The fraction of sp³-hybridized carbons (Fsp3) is 0.400. The Bertz CT molecular complexity index is 553. The van der Waals surface area contributed by atoms with Gasteiger partial charge in [-0.2, -0.15) is 0 Å². The smallest absolute Gasteiger partial charge is 0.237 e. The number of hydrogen-bond donors (Lipinski definition) is 0. The molecular formula is C15H18BNO3. The molecule has 0 aliphatic carbocycles. The summed E-state index contributed by atoms with van der Waals surface area (Å²) in [6.07, 6.45) is 0.777. The molecule has 0 radical (unpaired) electrons. The normalized spacial score (nSPS) is 20.3. The maximum Gasteiger partial charge on any atom is 0.237 e. The van der Waals surface area contributed by atoms with Crippen LogP contribution in [0.1, 0.15) is 38.2 Å². The Hall–Kier alpha value is -1.91. The Balaban J connectivity index is 2.18. The van der Waals surface area contributed by atoms with Crippen LogP contribution in [0, 0.1) is 5.92 Å². The number of imide groups is 1. The summed E-state index contributed by atoms with van der Waals surface area (Å²) in [5.74, 6) is -0.379. The van der Waals surface area contributed by atoms with Crippen molar-refractivity contribution in [3.63, 3.8) is 0 Å². The van der Waals surface area contributed by atoms with E-state index in [1.807, 2.05) is 19.1 Å². The average molecular weight is 271 g/mol. The lowest BCUT2D eigenvalue weighted by atomic mass is 9.88. The highest BCUT2D eigenvalue weighted by Gasteiger charge is 2.36. The summed E-state index contributed by atoms with van der Waals surface area (Å²) >= 11 is 0. The molecule has 1 aliphatic rings. The quantitative estimate of drug-likeness (QED) is 0.611. The first kappa shape index (κ1) is 14.5. The third kappa shape index (κ3) is 2.81. The topological polar surface area (TPSA) is 54.5 Å². The molecule has 1 aliphatic heterocycles. The number of nitrogens with zero attached hydrogens (tertiary/aromatic N) is 1. The summed E-state index contributed by atoms with van der Waals surface area (Å²) in [5.41, 5.74) is 1.81. The second-order valence-corrected chi connectivity index (χ2v) is 5.57. The number of benzene rings is 1. The van der Waals surface area contributed by atoms with Gasteiger partial charge in [-0.15, -0.1) is 0 Å². The van der Waals surface area contributed by atoms with Crippen molar-refractivity contribution in [1.82, 2.24) is 0 Å². The van der Waals surface area contributed by atoms with Crippen molar-refractivity contribution in [2.75, 3.05) is 4.90 Å². The van der Waals surface area contributed by atoms with Crippen molar-refractivity contribution in [1.29, 1.82) is 0 Å². The van der Waals surface area contributed by atoms with Crippen LogP contribution < -0.4 is 4.90 Å². The summed E-state index contributed by atoms with van der Waals surface area (Å²) in [6.45, 7) is 3.76. The molecule has 2 atom stereocenters. The van der Waals surface area contributed by atoms with Crippen LogP contribution in [-0.4, -0.2) is 25.3 Å². The minimum Gasteiger partial charge on any atom is -0.312 e. The van der Waals surface area contributed by atoms with Gasteiger partial charge < -0.3 is 4.79 Å². The maximum atomic E-state index is 11.9. The highest BCUT2D eigenvalue weighted by atomic mass is 16.2. The zero-order valence-corrected chi connectivity index (χ0v) is 12.1. The van der Waals surface area contributed by atoms with E-state index in [2.05, 4.69) is 0 Å². The summed E-state index contributed by atoms with van der Waals surface area (Å²) in [6, 6.07) is 7.32. The largest absolute Gasteiger partial charge is 0.312 e. The first-order valence-electron chi connectivity index (χ1n) is 6.86. The SMILES string of the molecule is BC(=O)CC(C)c1ccc(N2C(=O)CC(C)C2=O)cc1. The van der Waals surface area contributed by atoms with E-state index < -0.39 is 0 Å². The van der Waals surface area contributed by atoms with Gasteiger partial charge in [0, 0.05) is 18.8 Å². The standard InChI is InChI=1S/C15H18BNO3/c1-9(7-13(16)18)11-3-5-12(6-4-11)17-14(19)8-10(2)15(17)20/h3-6,9-10H,7-8,16H2,1-2H3. The van der Waals surface area contributed by atoms with Crippen LogP contribution in [0.2, 0.25) is 0 Å². The Morgan fingerprint density at radius 2 is 1.95 bits per heavy atom. The first-order valence-corrected chi connectivity index (χ1v) is 6.86. The summed E-state index contributed by atoms with van der Waals surface area (Å²) in [5, 5.41) is 0. The number of hydrogen-bond acceptors (Lipinski definition) is 3. The summed E-state index contributed by atoms with van der Waals surface area (Å²) < 4.78 is 0. The minimum atomic E-state index is -0.237. The Labute approximate surface area is 119 Å². The van der Waals surface area contributed by atoms with Gasteiger partial charge >= 0.3 is 0 Å². The van der Waals surface area contributed by atoms with Crippen LogP contribution >= 0.6 is 0 Å². The molecule has 5 heteroatoms. The Morgan fingerprint density at radius 3 is 2.40 bits per heavy atom. The van der Waals surface area contributed by atoms with Crippen molar-refractivity contribution in [3.05, 3.63) is 29.8 Å². The van der Waals surface area contributed by atoms with Crippen molar-refractivity contribution >= 4 is 31.0 Å². The fourth-order valence-electron chi connectivity index (χ4n) is 2.56. The van der Waals surface area contributed by atoms with E-state index in [1.165, 1.54) is 4.90 Å². The molecule has 2 rings (SSSR count). The van der Waals surface area contributed by atoms with Gasteiger partial charge in [-0.05, 0) is 23.6 Å². The summed E-state index contributed by atoms with van der Waals surface area (Å²) in [7, 11) is 1.58. The summed E-state index contributed by atoms with van der Waals surface area (Å²) in [4.78, 5) is 36.1. The zero-order chi connectivity index (χ0) is 14.9. The number of amides is 2. The molecular weight excluding hydrogens is 253 g/mol. The molecule has 1 aromatic rings. The molecule has 1 heterocycles. The van der Waals surface area contributed by atoms with E-state index in [0.717, 1.165) is 5.56 Å². The predicted molar refractivity (Wildman–Crippen MR) is 79.3 cm³/mol. The van der Waals surface area contributed by atoms with E-state index in [-0.39, 0.29) is 35.8 Å². The molecule has 0 N–H and O–H groups in total. The molecule has 0 aromatic heterocycles. The van der Waals surface area contributed by atoms with Crippen LogP contribution in [-0.2, 0) is 14.4 Å². The van der Waals surface area contributed by atoms with Gasteiger partial charge in [0.25, 0.3) is 0 Å². The van der Waals surface area contributed by atoms with Crippen LogP contribution in [0.15, 0.2) is 24.3 Å². The third-order valence-corrected chi connectivity index (χ3v) is 3.69. The van der Waals surface area contributed by atoms with Crippen molar-refractivity contribution in [2.24, 2.45) is 5.92 Å². The van der Waals surface area contributed by atoms with E-state index in [4.69, 9.17) is 0 Å². The van der Waals surface area contributed by atoms with Gasteiger partial charge in [-0.25, -0.2) is 0 Å². The van der Waals surface area contributed by atoms with Gasteiger partial charge in [0.15, 0.2) is 7.85 Å². The highest BCUT2D eigenvalue weighted by Crippen LogP contribution is 2.28. The highest BCUT2D eigenvalue weighted by molar-refractivity contribution is 6.57. The Morgan fingerprint density at radius 1 is 1.35 bits per heavy atom. The molecule has 4 nitrogen and oxygen atoms in total. The van der Waals surface area contributed by atoms with Crippen LogP contribution in [0.4, 0.5) is 5.69 Å². The lowest BCUT2D eigenvalue weighted by Crippen LogP contribution is -2.29. The lowest BCUT2D eigenvalue weighted by molar-refractivity contribution is -0.122. The van der Waals surface area contributed by atoms with Gasteiger partial charge in [0.2, 0.25) is 11.8 Å². The molecule has 2 amide bonds.